The monoisotopic (exact) mass is 1560 g/mol. The normalized spacial score (nSPS) is 14.0. The van der Waals surface area contributed by atoms with Crippen LogP contribution in [0.15, 0.2) is 394 Å². The van der Waals surface area contributed by atoms with Crippen LogP contribution in [-0.4, -0.2) is 51.9 Å². The molecule has 12 nitrogen and oxygen atoms in total. The summed E-state index contributed by atoms with van der Waals surface area (Å²) in [6, 6.07) is 141. The molecule has 0 N–H and O–H groups in total. The van der Waals surface area contributed by atoms with Crippen LogP contribution in [0.25, 0.3) is 211 Å². The molecule has 12 heteroatoms. The molecular formula is C110H68N12. The lowest BCUT2D eigenvalue weighted by Crippen LogP contribution is -2.26. The van der Waals surface area contributed by atoms with Gasteiger partial charge in [0.05, 0.1) is 83.5 Å². The number of para-hydroxylation sites is 12. The molecule has 0 saturated heterocycles. The molecule has 27 rings (SSSR count). The van der Waals surface area contributed by atoms with Gasteiger partial charge < -0.3 is 18.6 Å². The first-order valence-corrected chi connectivity index (χ1v) is 41.8. The van der Waals surface area contributed by atoms with Crippen LogP contribution < -0.4 is 4.90 Å². The van der Waals surface area contributed by atoms with Crippen LogP contribution in [0, 0.1) is 0 Å². The quantitative estimate of drug-likeness (QED) is 0.136. The minimum Gasteiger partial charge on any atom is -0.331 e. The zero-order valence-corrected chi connectivity index (χ0v) is 65.6. The van der Waals surface area contributed by atoms with Crippen LogP contribution in [-0.2, 0) is 0 Å². The van der Waals surface area contributed by atoms with Crippen molar-refractivity contribution in [1.82, 2.24) is 51.9 Å². The van der Waals surface area contributed by atoms with Gasteiger partial charge in [-0.15, -0.1) is 0 Å². The van der Waals surface area contributed by atoms with Crippen molar-refractivity contribution in [3.8, 4) is 63.1 Å². The van der Waals surface area contributed by atoms with Crippen LogP contribution in [0.1, 0.15) is 28.8 Å². The van der Waals surface area contributed by atoms with E-state index in [-0.39, 0.29) is 12.0 Å². The molecule has 568 valence electrons. The highest BCUT2D eigenvalue weighted by Crippen LogP contribution is 2.58. The molecule has 16 aromatic carbocycles. The van der Waals surface area contributed by atoms with Crippen molar-refractivity contribution in [2.24, 2.45) is 0 Å². The molecule has 10 heterocycles. The van der Waals surface area contributed by atoms with E-state index in [1.54, 1.807) is 0 Å². The van der Waals surface area contributed by atoms with Gasteiger partial charge in [0.1, 0.15) is 23.3 Å². The molecule has 1 aliphatic carbocycles. The first-order chi connectivity index (χ1) is 60.6. The average Bonchev–Trinajstić information content (AvgIpc) is 1.56. The second-order valence-corrected chi connectivity index (χ2v) is 32.3. The summed E-state index contributed by atoms with van der Waals surface area (Å²) in [4.78, 5) is 26.5. The van der Waals surface area contributed by atoms with E-state index in [9.17, 15) is 0 Å². The standard InChI is InChI=1S/C110H68N12/c1-5-29-69(30-6-1)115-89-45-21-13-37-73(89)81-57-61-85-77-41-17-25-49-93(77)119(105(85)101(81)115)97-65-98(120-94-50-26-18-42-78(94)86-62-58-82-74-38-14-22-46-90(74)116(102(82)106(86)120)70-31-7-2-8-32-70)112-109(111-97)67-53-55-68(56-54-67)110-113-99(121-95-51-27-19-43-79(95)87-63-59-83-75-39-15-23-47-91(75)117(103(83)107(87)121)71-33-9-3-10-34-71)66-100(114-110)122-96-52-28-20-44-80(96)88-64-60-84-76-40-16-24-48-92(76)118(104(84)108(88)122)72-35-11-4-12-36-72/h1-66,81,101H. The third kappa shape index (κ3) is 9.34. The van der Waals surface area contributed by atoms with Gasteiger partial charge in [0.15, 0.2) is 11.6 Å². The van der Waals surface area contributed by atoms with E-state index in [1.165, 1.54) is 33.0 Å². The fraction of sp³-hybridized carbons (Fsp3) is 0.0182. The van der Waals surface area contributed by atoms with Gasteiger partial charge >= 0.3 is 0 Å². The number of anilines is 2. The molecule has 2 aliphatic rings. The third-order valence-corrected chi connectivity index (χ3v) is 26.1. The first kappa shape index (κ1) is 66.7. The Labute approximate surface area is 697 Å². The van der Waals surface area contributed by atoms with Gasteiger partial charge in [0.2, 0.25) is 0 Å². The van der Waals surface area contributed by atoms with Gasteiger partial charge in [-0.1, -0.05) is 291 Å². The van der Waals surface area contributed by atoms with E-state index in [4.69, 9.17) is 19.9 Å². The van der Waals surface area contributed by atoms with Gasteiger partial charge in [0.25, 0.3) is 0 Å². The zero-order chi connectivity index (χ0) is 79.5. The zero-order valence-electron chi connectivity index (χ0n) is 65.6. The summed E-state index contributed by atoms with van der Waals surface area (Å²) in [5, 5.41) is 14.8. The Morgan fingerprint density at radius 2 is 0.484 bits per heavy atom. The maximum atomic E-state index is 6.00. The number of hydrogen-bond acceptors (Lipinski definition) is 5. The minimum absolute atomic E-state index is 0.0239. The van der Waals surface area contributed by atoms with Gasteiger partial charge in [-0.05, 0) is 103 Å². The number of hydrogen-bond donors (Lipinski definition) is 0. The third-order valence-electron chi connectivity index (χ3n) is 26.1. The molecule has 0 radical (unpaired) electrons. The van der Waals surface area contributed by atoms with Crippen molar-refractivity contribution in [2.45, 2.75) is 12.0 Å². The molecule has 2 atom stereocenters. The molecular weight excluding hydrogens is 1490 g/mol. The molecule has 0 bridgehead atoms. The molecule has 0 amide bonds. The van der Waals surface area contributed by atoms with E-state index >= 15 is 0 Å². The van der Waals surface area contributed by atoms with Crippen LogP contribution in [0.4, 0.5) is 11.4 Å². The molecule has 25 aromatic rings. The summed E-state index contributed by atoms with van der Waals surface area (Å²) in [5.41, 5.74) is 24.6. The Kier molecular flexibility index (Phi) is 14.0. The SMILES string of the molecule is C1=CC2c3ccccc3N(c3ccccc3)C2c2c1c1ccccc1n2-c1cc(-n2c3ccccc3c3ccc4c5ccccc5n(-c5ccccc5)c4c32)nc(-c2ccc(-c3nc(-n4c5ccccc5c5ccc6c7ccccc7n(-c7ccccc7)c6c54)cc(-n4c5ccccc5c5ccc6c7ccccc7n(-c7ccccc7)c6c54)n3)cc2)n1. The Morgan fingerprint density at radius 3 is 0.836 bits per heavy atom. The van der Waals surface area contributed by atoms with Gasteiger partial charge in [-0.25, -0.2) is 19.9 Å². The highest BCUT2D eigenvalue weighted by Gasteiger charge is 2.45. The van der Waals surface area contributed by atoms with E-state index < -0.39 is 0 Å². The Hall–Kier alpha value is -16.4. The summed E-state index contributed by atoms with van der Waals surface area (Å²) >= 11 is 0. The largest absolute Gasteiger partial charge is 0.331 e. The molecule has 0 fully saturated rings. The fourth-order valence-electron chi connectivity index (χ4n) is 21.1. The Morgan fingerprint density at radius 1 is 0.213 bits per heavy atom. The van der Waals surface area contributed by atoms with E-state index in [0.717, 1.165) is 177 Å². The maximum Gasteiger partial charge on any atom is 0.163 e. The van der Waals surface area contributed by atoms with Gasteiger partial charge in [0, 0.05) is 133 Å². The fourth-order valence-corrected chi connectivity index (χ4v) is 21.1. The van der Waals surface area contributed by atoms with Crippen LogP contribution in [0.2, 0.25) is 0 Å². The van der Waals surface area contributed by atoms with Crippen molar-refractivity contribution in [3.05, 3.63) is 411 Å². The van der Waals surface area contributed by atoms with Crippen LogP contribution in [0.5, 0.6) is 0 Å². The summed E-state index contributed by atoms with van der Waals surface area (Å²) in [6.45, 7) is 0. The van der Waals surface area contributed by atoms with Gasteiger partial charge in [-0.3, -0.25) is 18.3 Å². The molecule has 9 aromatic heterocycles. The van der Waals surface area contributed by atoms with Crippen molar-refractivity contribution in [2.75, 3.05) is 4.90 Å². The second-order valence-electron chi connectivity index (χ2n) is 32.3. The Balaban J connectivity index is 0.736. The lowest BCUT2D eigenvalue weighted by atomic mass is 9.86. The molecule has 122 heavy (non-hydrogen) atoms. The van der Waals surface area contributed by atoms with Crippen LogP contribution >= 0.6 is 0 Å². The summed E-state index contributed by atoms with van der Waals surface area (Å²) < 4.78 is 17.0. The van der Waals surface area contributed by atoms with Gasteiger partial charge in [-0.2, -0.15) is 0 Å². The first-order valence-electron chi connectivity index (χ1n) is 41.8. The predicted molar refractivity (Wildman–Crippen MR) is 501 cm³/mol. The number of rotatable bonds is 10. The van der Waals surface area contributed by atoms with E-state index in [1.807, 2.05) is 0 Å². The average molecular weight is 1560 g/mol. The van der Waals surface area contributed by atoms with Crippen molar-refractivity contribution in [3.63, 3.8) is 0 Å². The minimum atomic E-state index is -0.150. The van der Waals surface area contributed by atoms with Crippen LogP contribution in [0.3, 0.4) is 0 Å². The Bertz CT molecular complexity index is 8530. The molecule has 0 spiro atoms. The lowest BCUT2D eigenvalue weighted by molar-refractivity contribution is 0.634. The van der Waals surface area contributed by atoms with Crippen molar-refractivity contribution in [1.29, 1.82) is 0 Å². The molecule has 0 saturated carbocycles. The molecule has 2 unspecified atom stereocenters. The summed E-state index contributed by atoms with van der Waals surface area (Å²) in [6.07, 6.45) is 4.80. The smallest absolute Gasteiger partial charge is 0.163 e. The van der Waals surface area contributed by atoms with E-state index in [2.05, 4.69) is 437 Å². The number of benzene rings is 16. The van der Waals surface area contributed by atoms with Crippen molar-refractivity contribution >= 4 is 159 Å². The summed E-state index contributed by atoms with van der Waals surface area (Å²) in [7, 11) is 0. The van der Waals surface area contributed by atoms with E-state index in [0.29, 0.717) is 23.3 Å². The molecule has 1 aliphatic heterocycles. The maximum absolute atomic E-state index is 6.00. The number of fused-ring (bicyclic) bond motifs is 28. The number of aromatic nitrogens is 11. The van der Waals surface area contributed by atoms with Crippen molar-refractivity contribution < 1.29 is 0 Å². The highest BCUT2D eigenvalue weighted by molar-refractivity contribution is 6.27. The highest BCUT2D eigenvalue weighted by atomic mass is 15.2. The topological polar surface area (TPSA) is 89.3 Å². The second kappa shape index (κ2) is 25.5. The lowest BCUT2D eigenvalue weighted by Gasteiger charge is -2.33. The predicted octanol–water partition coefficient (Wildman–Crippen LogP) is 27.1. The summed E-state index contributed by atoms with van der Waals surface area (Å²) in [5.74, 6) is 4.00. The number of nitrogens with zero attached hydrogens (tertiary/aromatic N) is 12.